The quantitative estimate of drug-likeness (QED) is 0.823. The van der Waals surface area contributed by atoms with Crippen LogP contribution in [0.5, 0.6) is 0 Å². The molecule has 0 radical (unpaired) electrons. The topological polar surface area (TPSA) is 72.2 Å². The van der Waals surface area contributed by atoms with Gasteiger partial charge in [-0.25, -0.2) is 13.1 Å². The Balaban J connectivity index is 2.79. The van der Waals surface area contributed by atoms with E-state index < -0.39 is 15.3 Å². The molecule has 1 atom stereocenters. The standard InChI is InChI=1S/C13H28N2O2S/c1-10(8-14)18(16,17)15-11-6-12(2,3)9-13(4,5)7-11/h10-11,15H,6-9,14H2,1-5H3. The van der Waals surface area contributed by atoms with E-state index in [1.165, 1.54) is 0 Å². The zero-order chi connectivity index (χ0) is 14.2. The minimum absolute atomic E-state index is 0.0303. The summed E-state index contributed by atoms with van der Waals surface area (Å²) in [7, 11) is -3.29. The van der Waals surface area contributed by atoms with Gasteiger partial charge in [-0.2, -0.15) is 0 Å². The smallest absolute Gasteiger partial charge is 0.215 e. The highest BCUT2D eigenvalue weighted by atomic mass is 32.2. The maximum atomic E-state index is 12.1. The van der Waals surface area contributed by atoms with Gasteiger partial charge in [-0.05, 0) is 37.0 Å². The molecule has 0 aromatic rings. The van der Waals surface area contributed by atoms with Crippen molar-refractivity contribution in [3.63, 3.8) is 0 Å². The Hall–Kier alpha value is -0.130. The molecule has 4 nitrogen and oxygen atoms in total. The zero-order valence-corrected chi connectivity index (χ0v) is 13.1. The van der Waals surface area contributed by atoms with Crippen LogP contribution in [-0.2, 0) is 10.0 Å². The van der Waals surface area contributed by atoms with E-state index in [0.29, 0.717) is 0 Å². The predicted octanol–water partition coefficient (Wildman–Crippen LogP) is 1.86. The first-order valence-electron chi connectivity index (χ1n) is 6.69. The van der Waals surface area contributed by atoms with Crippen LogP contribution in [0.1, 0.15) is 53.9 Å². The van der Waals surface area contributed by atoms with Gasteiger partial charge < -0.3 is 5.73 Å². The second kappa shape index (κ2) is 5.10. The summed E-state index contributed by atoms with van der Waals surface area (Å²) in [5, 5.41) is -0.523. The summed E-state index contributed by atoms with van der Waals surface area (Å²) in [6.07, 6.45) is 2.92. The van der Waals surface area contributed by atoms with Crippen molar-refractivity contribution < 1.29 is 8.42 Å². The van der Waals surface area contributed by atoms with Crippen molar-refractivity contribution in [2.45, 2.75) is 65.2 Å². The molecule has 0 heterocycles. The van der Waals surface area contributed by atoms with E-state index in [0.717, 1.165) is 19.3 Å². The maximum Gasteiger partial charge on any atom is 0.215 e. The number of hydrogen-bond donors (Lipinski definition) is 2. The third-order valence-electron chi connectivity index (χ3n) is 3.75. The summed E-state index contributed by atoms with van der Waals surface area (Å²) < 4.78 is 27.0. The molecule has 0 bridgehead atoms. The van der Waals surface area contributed by atoms with E-state index in [1.807, 2.05) is 0 Å². The van der Waals surface area contributed by atoms with Gasteiger partial charge in [0.15, 0.2) is 0 Å². The molecule has 1 saturated carbocycles. The zero-order valence-electron chi connectivity index (χ0n) is 12.3. The molecule has 0 aliphatic heterocycles. The van der Waals surface area contributed by atoms with Crippen molar-refractivity contribution in [1.82, 2.24) is 4.72 Å². The van der Waals surface area contributed by atoms with E-state index in [1.54, 1.807) is 6.92 Å². The second-order valence-electron chi connectivity index (χ2n) is 7.32. The van der Waals surface area contributed by atoms with Gasteiger partial charge in [-0.1, -0.05) is 27.7 Å². The van der Waals surface area contributed by atoms with Gasteiger partial charge in [-0.15, -0.1) is 0 Å². The SMILES string of the molecule is CC(CN)S(=O)(=O)NC1CC(C)(C)CC(C)(C)C1. The van der Waals surface area contributed by atoms with E-state index in [-0.39, 0.29) is 23.4 Å². The fraction of sp³-hybridized carbons (Fsp3) is 1.00. The van der Waals surface area contributed by atoms with Gasteiger partial charge in [0.25, 0.3) is 0 Å². The Bertz CT molecular complexity index is 372. The molecule has 1 aliphatic rings. The molecule has 0 aromatic heterocycles. The van der Waals surface area contributed by atoms with E-state index in [2.05, 4.69) is 32.4 Å². The molecule has 0 aromatic carbocycles. The number of sulfonamides is 1. The van der Waals surface area contributed by atoms with Crippen LogP contribution in [-0.4, -0.2) is 26.3 Å². The Morgan fingerprint density at radius 3 is 2.06 bits per heavy atom. The third-order valence-corrected chi connectivity index (χ3v) is 5.66. The summed E-state index contributed by atoms with van der Waals surface area (Å²) in [6, 6.07) is 0.0303. The fourth-order valence-electron chi connectivity index (χ4n) is 3.40. The lowest BCUT2D eigenvalue weighted by Crippen LogP contribution is -2.49. The van der Waals surface area contributed by atoms with Crippen LogP contribution in [0.4, 0.5) is 0 Å². The summed E-state index contributed by atoms with van der Waals surface area (Å²) in [5.74, 6) is 0. The highest BCUT2D eigenvalue weighted by molar-refractivity contribution is 7.90. The van der Waals surface area contributed by atoms with Crippen molar-refractivity contribution in [3.8, 4) is 0 Å². The minimum atomic E-state index is -3.29. The monoisotopic (exact) mass is 276 g/mol. The summed E-state index contributed by atoms with van der Waals surface area (Å²) in [4.78, 5) is 0. The van der Waals surface area contributed by atoms with Crippen LogP contribution < -0.4 is 10.5 Å². The van der Waals surface area contributed by atoms with Gasteiger partial charge in [0.05, 0.1) is 5.25 Å². The van der Waals surface area contributed by atoms with Crippen LogP contribution in [0.25, 0.3) is 0 Å². The molecular formula is C13H28N2O2S. The maximum absolute atomic E-state index is 12.1. The Kier molecular flexibility index (Phi) is 4.51. The first-order chi connectivity index (χ1) is 7.97. The molecule has 5 heteroatoms. The Morgan fingerprint density at radius 1 is 1.22 bits per heavy atom. The van der Waals surface area contributed by atoms with Crippen molar-refractivity contribution in [1.29, 1.82) is 0 Å². The fourth-order valence-corrected chi connectivity index (χ4v) is 4.52. The first kappa shape index (κ1) is 15.9. The molecule has 0 saturated heterocycles. The number of nitrogens with two attached hydrogens (primary N) is 1. The Labute approximate surface area is 112 Å². The average Bonchev–Trinajstić information content (AvgIpc) is 2.09. The van der Waals surface area contributed by atoms with Crippen LogP contribution in [0.2, 0.25) is 0 Å². The normalized spacial score (nSPS) is 25.9. The molecule has 0 amide bonds. The lowest BCUT2D eigenvalue weighted by Gasteiger charge is -2.45. The molecule has 18 heavy (non-hydrogen) atoms. The van der Waals surface area contributed by atoms with Crippen LogP contribution in [0.15, 0.2) is 0 Å². The average molecular weight is 276 g/mol. The molecule has 108 valence electrons. The second-order valence-corrected chi connectivity index (χ2v) is 9.45. The molecule has 1 rings (SSSR count). The molecule has 1 unspecified atom stereocenters. The highest BCUT2D eigenvalue weighted by Gasteiger charge is 2.40. The van der Waals surface area contributed by atoms with Crippen LogP contribution in [0, 0.1) is 10.8 Å². The van der Waals surface area contributed by atoms with Gasteiger partial charge in [0, 0.05) is 12.6 Å². The molecular weight excluding hydrogens is 248 g/mol. The molecule has 0 spiro atoms. The van der Waals surface area contributed by atoms with E-state index in [4.69, 9.17) is 5.73 Å². The van der Waals surface area contributed by atoms with Crippen molar-refractivity contribution in [3.05, 3.63) is 0 Å². The molecule has 1 aliphatic carbocycles. The molecule has 1 fully saturated rings. The number of nitrogens with one attached hydrogen (secondary N) is 1. The van der Waals surface area contributed by atoms with E-state index in [9.17, 15) is 8.42 Å². The highest BCUT2D eigenvalue weighted by Crippen LogP contribution is 2.45. The largest absolute Gasteiger partial charge is 0.329 e. The van der Waals surface area contributed by atoms with Crippen LogP contribution >= 0.6 is 0 Å². The van der Waals surface area contributed by atoms with Crippen LogP contribution in [0.3, 0.4) is 0 Å². The van der Waals surface area contributed by atoms with Gasteiger partial charge in [0.1, 0.15) is 0 Å². The summed E-state index contributed by atoms with van der Waals surface area (Å²) in [6.45, 7) is 10.7. The lowest BCUT2D eigenvalue weighted by atomic mass is 9.64. The van der Waals surface area contributed by atoms with E-state index >= 15 is 0 Å². The lowest BCUT2D eigenvalue weighted by molar-refractivity contribution is 0.0933. The molecule has 3 N–H and O–H groups in total. The Morgan fingerprint density at radius 2 is 1.67 bits per heavy atom. The summed E-state index contributed by atoms with van der Waals surface area (Å²) in [5.41, 5.74) is 5.81. The number of rotatable bonds is 4. The number of hydrogen-bond acceptors (Lipinski definition) is 3. The van der Waals surface area contributed by atoms with Gasteiger partial charge in [-0.3, -0.25) is 0 Å². The predicted molar refractivity (Wildman–Crippen MR) is 75.8 cm³/mol. The summed E-state index contributed by atoms with van der Waals surface area (Å²) >= 11 is 0. The third kappa shape index (κ3) is 4.21. The van der Waals surface area contributed by atoms with Gasteiger partial charge >= 0.3 is 0 Å². The van der Waals surface area contributed by atoms with Crippen molar-refractivity contribution in [2.24, 2.45) is 16.6 Å². The minimum Gasteiger partial charge on any atom is -0.329 e. The first-order valence-corrected chi connectivity index (χ1v) is 8.23. The van der Waals surface area contributed by atoms with Crippen molar-refractivity contribution in [2.75, 3.05) is 6.54 Å². The van der Waals surface area contributed by atoms with Gasteiger partial charge in [0.2, 0.25) is 10.0 Å². The van der Waals surface area contributed by atoms with Crippen molar-refractivity contribution >= 4 is 10.0 Å².